The van der Waals surface area contributed by atoms with Gasteiger partial charge in [-0.15, -0.1) is 0 Å². The highest BCUT2D eigenvalue weighted by Gasteiger charge is 2.31. The van der Waals surface area contributed by atoms with E-state index in [2.05, 4.69) is 63.3 Å². The molecule has 5 heteroatoms. The van der Waals surface area contributed by atoms with Crippen molar-refractivity contribution in [1.29, 1.82) is 0 Å². The van der Waals surface area contributed by atoms with E-state index in [1.54, 1.807) is 0 Å². The van der Waals surface area contributed by atoms with Gasteiger partial charge in [-0.05, 0) is 35.9 Å². The van der Waals surface area contributed by atoms with Crippen LogP contribution in [-0.2, 0) is 0 Å². The number of fused-ring (bicyclic) bond motifs is 3. The van der Waals surface area contributed by atoms with Gasteiger partial charge in [0.25, 0.3) is 0 Å². The predicted octanol–water partition coefficient (Wildman–Crippen LogP) is 4.96. The minimum atomic E-state index is 0.0177. The third kappa shape index (κ3) is 1.98. The van der Waals surface area contributed by atoms with Gasteiger partial charge in [-0.3, -0.25) is 0 Å². The lowest BCUT2D eigenvalue weighted by Crippen LogP contribution is -2.34. The highest BCUT2D eigenvalue weighted by Crippen LogP contribution is 2.44. The second-order valence-electron chi connectivity index (χ2n) is 5.33. The van der Waals surface area contributed by atoms with Gasteiger partial charge in [-0.1, -0.05) is 45.7 Å². The fourth-order valence-corrected chi connectivity index (χ4v) is 3.59. The van der Waals surface area contributed by atoms with E-state index in [-0.39, 0.29) is 6.17 Å². The summed E-state index contributed by atoms with van der Waals surface area (Å²) >= 11 is 9.92. The van der Waals surface area contributed by atoms with Crippen LogP contribution in [0, 0.1) is 0 Å². The lowest BCUT2D eigenvalue weighted by atomic mass is 10.0. The molecule has 0 saturated heterocycles. The lowest BCUT2D eigenvalue weighted by Gasteiger charge is -2.37. The maximum Gasteiger partial charge on any atom is 0.149 e. The minimum Gasteiger partial charge on any atom is -0.348 e. The highest BCUT2D eigenvalue weighted by atomic mass is 79.9. The molecular formula is C17H13BrClN3. The van der Waals surface area contributed by atoms with Crippen molar-refractivity contribution in [3.05, 3.63) is 69.8 Å². The van der Waals surface area contributed by atoms with Gasteiger partial charge in [0.05, 0.1) is 10.7 Å². The maximum absolute atomic E-state index is 6.43. The molecule has 1 aliphatic heterocycles. The van der Waals surface area contributed by atoms with E-state index >= 15 is 0 Å². The van der Waals surface area contributed by atoms with Crippen LogP contribution in [0.3, 0.4) is 0 Å². The molecule has 0 bridgehead atoms. The Morgan fingerprint density at radius 1 is 1.09 bits per heavy atom. The molecule has 1 aromatic heterocycles. The van der Waals surface area contributed by atoms with E-state index in [1.165, 1.54) is 5.56 Å². The Morgan fingerprint density at radius 2 is 1.86 bits per heavy atom. The first-order valence-corrected chi connectivity index (χ1v) is 8.14. The van der Waals surface area contributed by atoms with Crippen molar-refractivity contribution in [3.63, 3.8) is 0 Å². The molecule has 0 spiro atoms. The Hall–Kier alpha value is -1.78. The zero-order valence-electron chi connectivity index (χ0n) is 11.9. The second kappa shape index (κ2) is 5.14. The quantitative estimate of drug-likeness (QED) is 0.600. The molecule has 2 aromatic carbocycles. The fraction of sp³-hybridized carbons (Fsp3) is 0.118. The van der Waals surface area contributed by atoms with Crippen LogP contribution < -0.4 is 4.90 Å². The molecule has 0 aliphatic carbocycles. The summed E-state index contributed by atoms with van der Waals surface area (Å²) in [7, 11) is 2.08. The molecule has 2 heterocycles. The van der Waals surface area contributed by atoms with Gasteiger partial charge in [-0.25, -0.2) is 4.68 Å². The number of aromatic nitrogens is 2. The molecule has 0 radical (unpaired) electrons. The average Bonchev–Trinajstić information content (AvgIpc) is 2.98. The topological polar surface area (TPSA) is 21.1 Å². The van der Waals surface area contributed by atoms with Crippen molar-refractivity contribution >= 4 is 33.2 Å². The summed E-state index contributed by atoms with van der Waals surface area (Å²) in [6.45, 7) is 0. The second-order valence-corrected chi connectivity index (χ2v) is 6.65. The normalized spacial score (nSPS) is 16.3. The SMILES string of the molecule is CN1c2cccc(Cl)c2-c2ccnn2C1c1ccc(Br)cc1. The standard InChI is InChI=1S/C17H13BrClN3/c1-21-14-4-2-3-13(19)16(14)15-9-10-20-22(15)17(21)11-5-7-12(18)8-6-11/h2-10,17H,1H3. The molecule has 1 aliphatic rings. The van der Waals surface area contributed by atoms with Gasteiger partial charge in [-0.2, -0.15) is 5.10 Å². The van der Waals surface area contributed by atoms with Crippen LogP contribution in [0.4, 0.5) is 5.69 Å². The van der Waals surface area contributed by atoms with Crippen LogP contribution in [0.25, 0.3) is 11.3 Å². The summed E-state index contributed by atoms with van der Waals surface area (Å²) in [5, 5.41) is 5.28. The summed E-state index contributed by atoms with van der Waals surface area (Å²) in [6, 6.07) is 16.4. The number of benzene rings is 2. The lowest BCUT2D eigenvalue weighted by molar-refractivity contribution is 0.511. The summed E-state index contributed by atoms with van der Waals surface area (Å²) < 4.78 is 3.09. The van der Waals surface area contributed by atoms with E-state index in [0.29, 0.717) is 0 Å². The van der Waals surface area contributed by atoms with Gasteiger partial charge >= 0.3 is 0 Å². The van der Waals surface area contributed by atoms with Crippen LogP contribution in [0.15, 0.2) is 59.2 Å². The zero-order valence-corrected chi connectivity index (χ0v) is 14.2. The van der Waals surface area contributed by atoms with Crippen LogP contribution in [0.5, 0.6) is 0 Å². The molecule has 110 valence electrons. The van der Waals surface area contributed by atoms with Crippen molar-refractivity contribution < 1.29 is 0 Å². The van der Waals surface area contributed by atoms with Gasteiger partial charge < -0.3 is 4.90 Å². The van der Waals surface area contributed by atoms with E-state index in [4.69, 9.17) is 11.6 Å². The molecule has 1 unspecified atom stereocenters. The number of anilines is 1. The van der Waals surface area contributed by atoms with E-state index in [0.717, 1.165) is 26.4 Å². The molecule has 0 N–H and O–H groups in total. The maximum atomic E-state index is 6.43. The first-order valence-electron chi connectivity index (χ1n) is 6.97. The van der Waals surface area contributed by atoms with Crippen LogP contribution in [0.2, 0.25) is 5.02 Å². The number of hydrogen-bond donors (Lipinski definition) is 0. The van der Waals surface area contributed by atoms with Crippen LogP contribution in [-0.4, -0.2) is 16.8 Å². The van der Waals surface area contributed by atoms with Crippen LogP contribution in [0.1, 0.15) is 11.7 Å². The van der Waals surface area contributed by atoms with Gasteiger partial charge in [0.1, 0.15) is 6.17 Å². The average molecular weight is 375 g/mol. The smallest absolute Gasteiger partial charge is 0.149 e. The Labute approximate surface area is 142 Å². The Bertz CT molecular complexity index is 841. The van der Waals surface area contributed by atoms with Gasteiger partial charge in [0.15, 0.2) is 0 Å². The minimum absolute atomic E-state index is 0.0177. The number of halogens is 2. The number of hydrogen-bond acceptors (Lipinski definition) is 2. The molecule has 3 aromatic rings. The van der Waals surface area contributed by atoms with E-state index in [9.17, 15) is 0 Å². The van der Waals surface area contributed by atoms with Crippen molar-refractivity contribution in [2.24, 2.45) is 0 Å². The first kappa shape index (κ1) is 13.9. The largest absolute Gasteiger partial charge is 0.348 e. The number of nitrogens with zero attached hydrogens (tertiary/aromatic N) is 3. The molecule has 3 nitrogen and oxygen atoms in total. The summed E-state index contributed by atoms with van der Waals surface area (Å²) in [6.07, 6.45) is 1.84. The van der Waals surface area contributed by atoms with Gasteiger partial charge in [0, 0.05) is 29.0 Å². The predicted molar refractivity (Wildman–Crippen MR) is 93.4 cm³/mol. The third-order valence-corrected chi connectivity index (χ3v) is 4.91. The molecular weight excluding hydrogens is 362 g/mol. The third-order valence-electron chi connectivity index (χ3n) is 4.06. The summed E-state index contributed by atoms with van der Waals surface area (Å²) in [5.41, 5.74) is 4.39. The Morgan fingerprint density at radius 3 is 2.64 bits per heavy atom. The molecule has 0 saturated carbocycles. The van der Waals surface area contributed by atoms with E-state index in [1.807, 2.05) is 29.1 Å². The number of rotatable bonds is 1. The Kier molecular flexibility index (Phi) is 3.24. The Balaban J connectivity index is 1.95. The summed E-state index contributed by atoms with van der Waals surface area (Å²) in [4.78, 5) is 2.21. The molecule has 1 atom stereocenters. The van der Waals surface area contributed by atoms with Gasteiger partial charge in [0.2, 0.25) is 0 Å². The molecule has 4 rings (SSSR count). The zero-order chi connectivity index (χ0) is 15.3. The fourth-order valence-electron chi connectivity index (χ4n) is 3.06. The molecule has 0 fully saturated rings. The van der Waals surface area contributed by atoms with Crippen molar-refractivity contribution in [2.45, 2.75) is 6.17 Å². The van der Waals surface area contributed by atoms with E-state index < -0.39 is 0 Å². The summed E-state index contributed by atoms with van der Waals surface area (Å²) in [5.74, 6) is 0. The molecule has 0 amide bonds. The van der Waals surface area contributed by atoms with Crippen molar-refractivity contribution in [1.82, 2.24) is 9.78 Å². The molecule has 22 heavy (non-hydrogen) atoms. The monoisotopic (exact) mass is 373 g/mol. The van der Waals surface area contributed by atoms with Crippen molar-refractivity contribution in [2.75, 3.05) is 11.9 Å². The van der Waals surface area contributed by atoms with Crippen LogP contribution >= 0.6 is 27.5 Å². The first-order chi connectivity index (χ1) is 10.7. The highest BCUT2D eigenvalue weighted by molar-refractivity contribution is 9.10. The van der Waals surface area contributed by atoms with Crippen molar-refractivity contribution in [3.8, 4) is 11.3 Å².